The zero-order chi connectivity index (χ0) is 16.1. The van der Waals surface area contributed by atoms with Gasteiger partial charge in [-0.2, -0.15) is 0 Å². The van der Waals surface area contributed by atoms with Gasteiger partial charge in [-0.3, -0.25) is 19.8 Å². The summed E-state index contributed by atoms with van der Waals surface area (Å²) in [5.41, 5.74) is 6.12. The van der Waals surface area contributed by atoms with Crippen LogP contribution in [0, 0.1) is 5.92 Å². The van der Waals surface area contributed by atoms with Crippen molar-refractivity contribution in [2.24, 2.45) is 11.7 Å². The molecule has 4 N–H and O–H groups in total. The molecule has 7 nitrogen and oxygen atoms in total. The van der Waals surface area contributed by atoms with Gasteiger partial charge in [-0.15, -0.1) is 0 Å². The topological polar surface area (TPSA) is 105 Å². The molecule has 2 rings (SSSR count). The molecule has 1 aliphatic rings. The van der Waals surface area contributed by atoms with E-state index in [9.17, 15) is 14.4 Å². The number of likely N-dealkylation sites (tertiary alicyclic amines) is 1. The second-order valence-electron chi connectivity index (χ2n) is 5.26. The minimum Gasteiger partial charge on any atom is -0.369 e. The van der Waals surface area contributed by atoms with Crippen LogP contribution in [0.1, 0.15) is 18.0 Å². The fourth-order valence-corrected chi connectivity index (χ4v) is 2.66. The minimum atomic E-state index is -0.622. The summed E-state index contributed by atoms with van der Waals surface area (Å²) in [4.78, 5) is 37.1. The maximum Gasteiger partial charge on any atom is 0.321 e. The molecule has 0 aliphatic carbocycles. The van der Waals surface area contributed by atoms with Gasteiger partial charge in [0.2, 0.25) is 11.8 Å². The lowest BCUT2D eigenvalue weighted by Crippen LogP contribution is -2.45. The van der Waals surface area contributed by atoms with Crippen molar-refractivity contribution >= 4 is 17.8 Å². The first-order valence-electron chi connectivity index (χ1n) is 7.13. The number of primary amides is 1. The number of nitrogens with zero attached hydrogens (tertiary/aromatic N) is 1. The molecule has 0 radical (unpaired) electrons. The predicted octanol–water partition coefficient (Wildman–Crippen LogP) is -0.00950. The minimum absolute atomic E-state index is 0.265. The third-order valence-corrected chi connectivity index (χ3v) is 3.81. The fraction of sp³-hybridized carbons (Fsp3) is 0.400. The zero-order valence-electron chi connectivity index (χ0n) is 12.4. The molecule has 4 amide bonds. The van der Waals surface area contributed by atoms with Gasteiger partial charge in [-0.25, -0.2) is 4.79 Å². The van der Waals surface area contributed by atoms with E-state index in [2.05, 4.69) is 10.6 Å². The molecular weight excluding hydrogens is 284 g/mol. The average Bonchev–Trinajstić information content (AvgIpc) is 2.98. The number of urea groups is 1. The van der Waals surface area contributed by atoms with E-state index in [0.717, 1.165) is 5.56 Å². The maximum absolute atomic E-state index is 12.4. The Bertz CT molecular complexity index is 561. The van der Waals surface area contributed by atoms with Crippen LogP contribution in [0.15, 0.2) is 30.3 Å². The van der Waals surface area contributed by atoms with Crippen LogP contribution in [0.5, 0.6) is 0 Å². The van der Waals surface area contributed by atoms with E-state index in [0.29, 0.717) is 19.5 Å². The van der Waals surface area contributed by atoms with E-state index in [1.54, 1.807) is 0 Å². The quantitative estimate of drug-likeness (QED) is 0.727. The van der Waals surface area contributed by atoms with E-state index < -0.39 is 18.0 Å². The van der Waals surface area contributed by atoms with Crippen LogP contribution in [-0.2, 0) is 9.59 Å². The highest BCUT2D eigenvalue weighted by atomic mass is 16.2. The molecule has 1 saturated heterocycles. The summed E-state index contributed by atoms with van der Waals surface area (Å²) >= 11 is 0. The van der Waals surface area contributed by atoms with E-state index in [4.69, 9.17) is 5.73 Å². The van der Waals surface area contributed by atoms with Crippen molar-refractivity contribution in [2.45, 2.75) is 12.5 Å². The number of carbonyl (C=O) groups is 3. The van der Waals surface area contributed by atoms with Gasteiger partial charge >= 0.3 is 6.03 Å². The van der Waals surface area contributed by atoms with Crippen LogP contribution in [0.4, 0.5) is 4.79 Å². The van der Waals surface area contributed by atoms with Crippen LogP contribution in [0.25, 0.3) is 0 Å². The lowest BCUT2D eigenvalue weighted by atomic mass is 10.0. The summed E-state index contributed by atoms with van der Waals surface area (Å²) in [5.74, 6) is -1.05. The number of amides is 4. The van der Waals surface area contributed by atoms with Crippen molar-refractivity contribution in [1.82, 2.24) is 15.5 Å². The lowest BCUT2D eigenvalue weighted by molar-refractivity contribution is -0.126. The van der Waals surface area contributed by atoms with Gasteiger partial charge in [0.25, 0.3) is 0 Å². The van der Waals surface area contributed by atoms with Gasteiger partial charge in [0, 0.05) is 20.1 Å². The highest BCUT2D eigenvalue weighted by Gasteiger charge is 2.35. The molecule has 0 aromatic heterocycles. The first-order chi connectivity index (χ1) is 10.5. The van der Waals surface area contributed by atoms with Crippen molar-refractivity contribution in [3.63, 3.8) is 0 Å². The molecule has 2 atom stereocenters. The highest BCUT2D eigenvalue weighted by molar-refractivity contribution is 5.97. The number of hydrogen-bond acceptors (Lipinski definition) is 4. The van der Waals surface area contributed by atoms with Crippen LogP contribution >= 0.6 is 0 Å². The van der Waals surface area contributed by atoms with Crippen LogP contribution in [-0.4, -0.2) is 42.9 Å². The van der Waals surface area contributed by atoms with Gasteiger partial charge in [-0.05, 0) is 12.0 Å². The molecule has 22 heavy (non-hydrogen) atoms. The zero-order valence-corrected chi connectivity index (χ0v) is 12.4. The Labute approximate surface area is 128 Å². The molecular formula is C15H20N4O3. The monoisotopic (exact) mass is 304 g/mol. The first kappa shape index (κ1) is 16.0. The Kier molecular flexibility index (Phi) is 5.11. The number of benzene rings is 1. The summed E-state index contributed by atoms with van der Waals surface area (Å²) in [6.07, 6.45) is 0.617. The third kappa shape index (κ3) is 3.62. The molecule has 0 saturated carbocycles. The van der Waals surface area contributed by atoms with Crippen molar-refractivity contribution in [3.8, 4) is 0 Å². The SMILES string of the molecule is CNC(=O)NC(=O)[C@H](c1ccccc1)N1CC[C@@H](C(N)=O)C1. The smallest absolute Gasteiger partial charge is 0.321 e. The van der Waals surface area contributed by atoms with Gasteiger partial charge in [0.15, 0.2) is 0 Å². The Hall–Kier alpha value is -2.41. The van der Waals surface area contributed by atoms with Crippen molar-refractivity contribution in [3.05, 3.63) is 35.9 Å². The Morgan fingerprint density at radius 3 is 2.50 bits per heavy atom. The highest BCUT2D eigenvalue weighted by Crippen LogP contribution is 2.27. The Balaban J connectivity index is 2.21. The molecule has 0 unspecified atom stereocenters. The van der Waals surface area contributed by atoms with Gasteiger partial charge in [0.1, 0.15) is 6.04 Å². The van der Waals surface area contributed by atoms with Gasteiger partial charge in [-0.1, -0.05) is 30.3 Å². The lowest BCUT2D eigenvalue weighted by Gasteiger charge is -2.26. The predicted molar refractivity (Wildman–Crippen MR) is 80.7 cm³/mol. The maximum atomic E-state index is 12.4. The molecule has 1 aliphatic heterocycles. The third-order valence-electron chi connectivity index (χ3n) is 3.81. The Morgan fingerprint density at radius 2 is 1.95 bits per heavy atom. The first-order valence-corrected chi connectivity index (χ1v) is 7.13. The standard InChI is InChI=1S/C15H20N4O3/c1-17-15(22)18-14(21)12(10-5-3-2-4-6-10)19-8-7-11(9-19)13(16)20/h2-6,11-12H,7-9H2,1H3,(H2,16,20)(H2,17,18,21,22)/t11-,12+/m1/s1. The molecule has 118 valence electrons. The summed E-state index contributed by atoms with van der Waals surface area (Å²) < 4.78 is 0. The van der Waals surface area contributed by atoms with E-state index in [1.807, 2.05) is 35.2 Å². The second kappa shape index (κ2) is 7.04. The molecule has 7 heteroatoms. The molecule has 1 fully saturated rings. The summed E-state index contributed by atoms with van der Waals surface area (Å²) in [7, 11) is 1.44. The number of nitrogens with one attached hydrogen (secondary N) is 2. The Morgan fingerprint density at radius 1 is 1.27 bits per heavy atom. The number of hydrogen-bond donors (Lipinski definition) is 3. The van der Waals surface area contributed by atoms with E-state index in [-0.39, 0.29) is 11.8 Å². The molecule has 1 aromatic rings. The molecule has 1 aromatic carbocycles. The summed E-state index contributed by atoms with van der Waals surface area (Å²) in [6, 6.07) is 7.98. The van der Waals surface area contributed by atoms with Gasteiger partial charge < -0.3 is 11.1 Å². The number of rotatable bonds is 4. The summed E-state index contributed by atoms with van der Waals surface area (Å²) in [5, 5.41) is 4.66. The molecule has 0 spiro atoms. The van der Waals surface area contributed by atoms with E-state index >= 15 is 0 Å². The van der Waals surface area contributed by atoms with Crippen LogP contribution < -0.4 is 16.4 Å². The molecule has 1 heterocycles. The average molecular weight is 304 g/mol. The van der Waals surface area contributed by atoms with Crippen LogP contribution in [0.3, 0.4) is 0 Å². The number of carbonyl (C=O) groups excluding carboxylic acids is 3. The summed E-state index contributed by atoms with van der Waals surface area (Å²) in [6.45, 7) is 0.990. The fourth-order valence-electron chi connectivity index (χ4n) is 2.66. The second-order valence-corrected chi connectivity index (χ2v) is 5.26. The normalized spacial score (nSPS) is 19.4. The number of imide groups is 1. The van der Waals surface area contributed by atoms with Crippen molar-refractivity contribution in [2.75, 3.05) is 20.1 Å². The van der Waals surface area contributed by atoms with Crippen molar-refractivity contribution in [1.29, 1.82) is 0 Å². The number of nitrogens with two attached hydrogens (primary N) is 1. The van der Waals surface area contributed by atoms with Crippen LogP contribution in [0.2, 0.25) is 0 Å². The van der Waals surface area contributed by atoms with Crippen molar-refractivity contribution < 1.29 is 14.4 Å². The molecule has 0 bridgehead atoms. The van der Waals surface area contributed by atoms with Gasteiger partial charge in [0.05, 0.1) is 5.92 Å². The van der Waals surface area contributed by atoms with E-state index in [1.165, 1.54) is 7.05 Å². The largest absolute Gasteiger partial charge is 0.369 e.